The maximum atomic E-state index is 12.7. The molecule has 0 bridgehead atoms. The molecule has 2 amide bonds. The molecule has 0 aromatic heterocycles. The van der Waals surface area contributed by atoms with E-state index in [9.17, 15) is 9.59 Å². The summed E-state index contributed by atoms with van der Waals surface area (Å²) in [5, 5.41) is 0. The fraction of sp³-hybridized carbons (Fsp3) is 0.500. The number of nitrogens with zero attached hydrogens (tertiary/aromatic N) is 1. The Morgan fingerprint density at radius 1 is 1.50 bits per heavy atom. The molecule has 4 nitrogen and oxygen atoms in total. The molecule has 0 unspecified atom stereocenters. The van der Waals surface area contributed by atoms with Crippen LogP contribution in [0.3, 0.4) is 0 Å². The second-order valence-corrected chi connectivity index (χ2v) is 4.97. The largest absolute Gasteiger partial charge is 0.447 e. The lowest BCUT2D eigenvalue weighted by Gasteiger charge is -2.22. The minimum atomic E-state index is -2.42. The summed E-state index contributed by atoms with van der Waals surface area (Å²) in [5.41, 5.74) is 0.967. The molecule has 1 saturated heterocycles. The first-order valence-electron chi connectivity index (χ1n) is 8.38. The van der Waals surface area contributed by atoms with E-state index in [4.69, 9.17) is 8.85 Å². The van der Waals surface area contributed by atoms with Crippen LogP contribution in [-0.4, -0.2) is 29.5 Å². The Morgan fingerprint density at radius 3 is 2.90 bits per heavy atom. The Morgan fingerprint density at radius 2 is 2.25 bits per heavy atom. The Kier molecular flexibility index (Phi) is 3.57. The predicted molar refractivity (Wildman–Crippen MR) is 76.2 cm³/mol. The van der Waals surface area contributed by atoms with E-state index in [0.717, 1.165) is 10.5 Å². The van der Waals surface area contributed by atoms with Gasteiger partial charge in [0.1, 0.15) is 6.61 Å². The van der Waals surface area contributed by atoms with Crippen LogP contribution < -0.4 is 0 Å². The number of imide groups is 1. The molecule has 1 aromatic carbocycles. The molecule has 1 aromatic rings. The molecule has 0 N–H and O–H groups in total. The topological polar surface area (TPSA) is 46.6 Å². The molecule has 1 heterocycles. The third-order valence-electron chi connectivity index (χ3n) is 3.39. The summed E-state index contributed by atoms with van der Waals surface area (Å²) >= 11 is 0. The van der Waals surface area contributed by atoms with Gasteiger partial charge in [0, 0.05) is 10.0 Å². The normalized spacial score (nSPS) is 22.6. The van der Waals surface area contributed by atoms with Crippen molar-refractivity contribution in [2.45, 2.75) is 39.1 Å². The van der Waals surface area contributed by atoms with E-state index in [1.165, 1.54) is 0 Å². The van der Waals surface area contributed by atoms with Crippen LogP contribution in [0.25, 0.3) is 0 Å². The summed E-state index contributed by atoms with van der Waals surface area (Å²) in [6.07, 6.45) is 0.484. The smallest absolute Gasteiger partial charge is 0.416 e. The fourth-order valence-electron chi connectivity index (χ4n) is 2.35. The van der Waals surface area contributed by atoms with Crippen molar-refractivity contribution < 1.29 is 18.4 Å². The zero-order valence-corrected chi connectivity index (χ0v) is 11.5. The highest BCUT2D eigenvalue weighted by Gasteiger charge is 2.39. The molecule has 108 valence electrons. The minimum Gasteiger partial charge on any atom is -0.447 e. The van der Waals surface area contributed by atoms with Gasteiger partial charge in [0.25, 0.3) is 0 Å². The first kappa shape index (κ1) is 10.9. The molecule has 1 aliphatic heterocycles. The van der Waals surface area contributed by atoms with Crippen molar-refractivity contribution in [1.82, 2.24) is 4.90 Å². The SMILES string of the molecule is [2H]C([2H])([2H])[C@@H](CCC)C(=O)N1C(=O)OC[C@@H]1Cc1ccccc1. The Hall–Kier alpha value is -1.84. The lowest BCUT2D eigenvalue weighted by Crippen LogP contribution is -2.42. The Labute approximate surface area is 123 Å². The van der Waals surface area contributed by atoms with Crippen molar-refractivity contribution in [1.29, 1.82) is 0 Å². The third kappa shape index (κ3) is 3.18. The highest BCUT2D eigenvalue weighted by Crippen LogP contribution is 2.21. The van der Waals surface area contributed by atoms with Crippen LogP contribution in [0.2, 0.25) is 0 Å². The quantitative estimate of drug-likeness (QED) is 0.831. The number of amides is 2. The van der Waals surface area contributed by atoms with Gasteiger partial charge in [-0.05, 0) is 18.4 Å². The van der Waals surface area contributed by atoms with Crippen LogP contribution in [-0.2, 0) is 16.0 Å². The zero-order valence-electron chi connectivity index (χ0n) is 14.5. The maximum Gasteiger partial charge on any atom is 0.416 e. The van der Waals surface area contributed by atoms with Crippen molar-refractivity contribution in [2.75, 3.05) is 6.61 Å². The second-order valence-electron chi connectivity index (χ2n) is 4.97. The van der Waals surface area contributed by atoms with E-state index in [2.05, 4.69) is 0 Å². The van der Waals surface area contributed by atoms with Gasteiger partial charge in [0.05, 0.1) is 6.04 Å². The lowest BCUT2D eigenvalue weighted by molar-refractivity contribution is -0.133. The average molecular weight is 278 g/mol. The van der Waals surface area contributed by atoms with E-state index in [-0.39, 0.29) is 13.0 Å². The predicted octanol–water partition coefficient (Wildman–Crippen LogP) is 3.01. The number of carbonyl (C=O) groups is 2. The number of rotatable bonds is 5. The molecular formula is C16H21NO3. The van der Waals surface area contributed by atoms with Gasteiger partial charge >= 0.3 is 6.09 Å². The molecule has 1 fully saturated rings. The molecule has 20 heavy (non-hydrogen) atoms. The van der Waals surface area contributed by atoms with Crippen molar-refractivity contribution in [3.8, 4) is 0 Å². The van der Waals surface area contributed by atoms with Crippen LogP contribution in [0.4, 0.5) is 4.79 Å². The number of hydrogen-bond donors (Lipinski definition) is 0. The van der Waals surface area contributed by atoms with E-state index < -0.39 is 30.8 Å². The Balaban J connectivity index is 2.19. The van der Waals surface area contributed by atoms with Crippen LogP contribution in [0, 0.1) is 5.92 Å². The molecule has 0 aliphatic carbocycles. The third-order valence-corrected chi connectivity index (χ3v) is 3.39. The van der Waals surface area contributed by atoms with Crippen molar-refractivity contribution in [2.24, 2.45) is 5.92 Å². The molecule has 2 rings (SSSR count). The standard InChI is InChI=1S/C16H21NO3/c1-3-7-12(2)15(18)17-14(11-20-16(17)19)10-13-8-5-4-6-9-13/h4-6,8-9,12,14H,3,7,10-11H2,1-2H3/t12-,14-/m0/s1/i2D3. The number of cyclic esters (lactones) is 1. The molecule has 2 atom stereocenters. The van der Waals surface area contributed by atoms with Gasteiger partial charge in [-0.2, -0.15) is 0 Å². The summed E-state index contributed by atoms with van der Waals surface area (Å²) in [6.45, 7) is -0.512. The molecule has 0 spiro atoms. The van der Waals surface area contributed by atoms with Gasteiger partial charge in [-0.15, -0.1) is 0 Å². The van der Waals surface area contributed by atoms with Crippen LogP contribution in [0.1, 0.15) is 36.3 Å². The zero-order chi connectivity index (χ0) is 17.0. The highest BCUT2D eigenvalue weighted by atomic mass is 16.6. The highest BCUT2D eigenvalue weighted by molar-refractivity contribution is 5.94. The number of carbonyl (C=O) groups excluding carboxylic acids is 2. The minimum absolute atomic E-state index is 0.0965. The second kappa shape index (κ2) is 6.55. The summed E-state index contributed by atoms with van der Waals surface area (Å²) in [7, 11) is 0. The van der Waals surface area contributed by atoms with Crippen molar-refractivity contribution >= 4 is 12.0 Å². The monoisotopic (exact) mass is 278 g/mol. The van der Waals surface area contributed by atoms with Gasteiger partial charge in [-0.3, -0.25) is 4.79 Å². The van der Waals surface area contributed by atoms with Gasteiger partial charge in [0.2, 0.25) is 5.91 Å². The van der Waals surface area contributed by atoms with E-state index in [1.54, 1.807) is 0 Å². The molecule has 1 aliphatic rings. The summed E-state index contributed by atoms with van der Waals surface area (Å²) < 4.78 is 27.7. The molecule has 4 heteroatoms. The summed E-state index contributed by atoms with van der Waals surface area (Å²) in [6, 6.07) is 8.98. The summed E-state index contributed by atoms with van der Waals surface area (Å²) in [4.78, 5) is 25.6. The molecular weight excluding hydrogens is 254 g/mol. The number of benzene rings is 1. The van der Waals surface area contributed by atoms with Crippen molar-refractivity contribution in [3.63, 3.8) is 0 Å². The van der Waals surface area contributed by atoms with E-state index in [0.29, 0.717) is 12.8 Å². The van der Waals surface area contributed by atoms with E-state index in [1.807, 2.05) is 37.3 Å². The van der Waals surface area contributed by atoms with Gasteiger partial charge < -0.3 is 4.74 Å². The summed E-state index contributed by atoms with van der Waals surface area (Å²) in [5.74, 6) is -1.83. The van der Waals surface area contributed by atoms with Crippen LogP contribution in [0.15, 0.2) is 30.3 Å². The lowest BCUT2D eigenvalue weighted by atomic mass is 10.0. The maximum absolute atomic E-state index is 12.7. The first-order valence-corrected chi connectivity index (χ1v) is 6.88. The first-order chi connectivity index (χ1) is 10.8. The van der Waals surface area contributed by atoms with Crippen molar-refractivity contribution in [3.05, 3.63) is 35.9 Å². The number of hydrogen-bond acceptors (Lipinski definition) is 3. The van der Waals surface area contributed by atoms with Gasteiger partial charge in [-0.1, -0.05) is 50.5 Å². The van der Waals surface area contributed by atoms with E-state index >= 15 is 0 Å². The Bertz CT molecular complexity index is 559. The number of ether oxygens (including phenoxy) is 1. The average Bonchev–Trinajstić information content (AvgIpc) is 2.85. The van der Waals surface area contributed by atoms with Gasteiger partial charge in [0.15, 0.2) is 0 Å². The van der Waals surface area contributed by atoms with Crippen LogP contribution >= 0.6 is 0 Å². The van der Waals surface area contributed by atoms with Gasteiger partial charge in [-0.25, -0.2) is 9.69 Å². The van der Waals surface area contributed by atoms with Crippen LogP contribution in [0.5, 0.6) is 0 Å². The molecule has 0 saturated carbocycles. The fourth-order valence-corrected chi connectivity index (χ4v) is 2.35. The molecule has 0 radical (unpaired) electrons.